The monoisotopic (exact) mass is 266 g/mol. The number of nitrogens with two attached hydrogens (primary N) is 1. The van der Waals surface area contributed by atoms with Crippen molar-refractivity contribution in [2.24, 2.45) is 5.92 Å². The van der Waals surface area contributed by atoms with Crippen LogP contribution in [0.25, 0.3) is 0 Å². The molecule has 0 aromatic carbocycles. The first kappa shape index (κ1) is 15.7. The molecule has 0 bridgehead atoms. The Bertz CT molecular complexity index is 380. The fraction of sp³-hybridized carbons (Fsp3) is 0.714. The third-order valence-corrected chi connectivity index (χ3v) is 2.67. The van der Waals surface area contributed by atoms with Gasteiger partial charge in [0, 0.05) is 25.1 Å². The van der Waals surface area contributed by atoms with Crippen LogP contribution in [0.3, 0.4) is 0 Å². The Morgan fingerprint density at radius 2 is 1.95 bits per heavy atom. The van der Waals surface area contributed by atoms with Crippen molar-refractivity contribution in [3.63, 3.8) is 0 Å². The molecule has 0 spiro atoms. The number of nitrogens with zero attached hydrogens (tertiary/aromatic N) is 2. The molecule has 19 heavy (non-hydrogen) atoms. The lowest BCUT2D eigenvalue weighted by atomic mass is 10.1. The minimum atomic E-state index is 0.270. The second-order valence-electron chi connectivity index (χ2n) is 5.41. The van der Waals surface area contributed by atoms with Gasteiger partial charge in [-0.25, -0.2) is 9.97 Å². The molecular formula is C14H26N4O. The third kappa shape index (κ3) is 6.38. The smallest absolute Gasteiger partial charge is 0.135 e. The van der Waals surface area contributed by atoms with Crippen molar-refractivity contribution < 1.29 is 4.74 Å². The highest BCUT2D eigenvalue weighted by Crippen LogP contribution is 2.14. The van der Waals surface area contributed by atoms with Crippen LogP contribution in [0.5, 0.6) is 0 Å². The highest BCUT2D eigenvalue weighted by Gasteiger charge is 2.06. The van der Waals surface area contributed by atoms with Crippen molar-refractivity contribution in [1.29, 1.82) is 0 Å². The zero-order valence-corrected chi connectivity index (χ0v) is 12.4. The molecule has 108 valence electrons. The molecule has 1 aromatic rings. The van der Waals surface area contributed by atoms with Gasteiger partial charge in [-0.15, -0.1) is 0 Å². The molecule has 1 rings (SSSR count). The number of anilines is 2. The summed E-state index contributed by atoms with van der Waals surface area (Å²) >= 11 is 0. The Morgan fingerprint density at radius 3 is 2.58 bits per heavy atom. The van der Waals surface area contributed by atoms with Gasteiger partial charge in [0.2, 0.25) is 0 Å². The van der Waals surface area contributed by atoms with Gasteiger partial charge in [0.15, 0.2) is 0 Å². The third-order valence-electron chi connectivity index (χ3n) is 2.67. The minimum absolute atomic E-state index is 0.270. The summed E-state index contributed by atoms with van der Waals surface area (Å²) < 4.78 is 5.54. The van der Waals surface area contributed by atoms with Crippen molar-refractivity contribution in [3.05, 3.63) is 11.9 Å². The van der Waals surface area contributed by atoms with Crippen LogP contribution in [0.4, 0.5) is 11.6 Å². The predicted molar refractivity (Wildman–Crippen MR) is 79.3 cm³/mol. The first-order chi connectivity index (χ1) is 8.99. The van der Waals surface area contributed by atoms with Crippen LogP contribution >= 0.6 is 0 Å². The summed E-state index contributed by atoms with van der Waals surface area (Å²) in [7, 11) is 0. The van der Waals surface area contributed by atoms with Crippen LogP contribution in [-0.4, -0.2) is 29.7 Å². The molecule has 0 aliphatic heterocycles. The van der Waals surface area contributed by atoms with Crippen LogP contribution in [0, 0.1) is 5.92 Å². The van der Waals surface area contributed by atoms with E-state index in [1.54, 1.807) is 6.07 Å². The van der Waals surface area contributed by atoms with E-state index >= 15 is 0 Å². The van der Waals surface area contributed by atoms with Gasteiger partial charge in [-0.05, 0) is 12.3 Å². The highest BCUT2D eigenvalue weighted by atomic mass is 16.5. The largest absolute Gasteiger partial charge is 0.384 e. The fourth-order valence-electron chi connectivity index (χ4n) is 1.51. The van der Waals surface area contributed by atoms with Crippen molar-refractivity contribution in [1.82, 2.24) is 9.97 Å². The molecule has 0 unspecified atom stereocenters. The zero-order valence-electron chi connectivity index (χ0n) is 12.4. The molecule has 0 saturated heterocycles. The van der Waals surface area contributed by atoms with E-state index in [0.717, 1.165) is 31.2 Å². The van der Waals surface area contributed by atoms with E-state index in [1.807, 2.05) is 13.8 Å². The molecule has 0 aliphatic carbocycles. The first-order valence-electron chi connectivity index (χ1n) is 6.95. The number of nitrogen functional groups attached to an aromatic ring is 1. The standard InChI is InChI=1S/C14H26N4O/c1-10(2)5-7-19-8-6-16-13-9-12(15)17-14(18-13)11(3)4/h9-11H,5-8H2,1-4H3,(H3,15,16,17,18). The summed E-state index contributed by atoms with van der Waals surface area (Å²) in [5.74, 6) is 2.99. The molecule has 0 saturated carbocycles. The molecule has 1 heterocycles. The predicted octanol–water partition coefficient (Wildman–Crippen LogP) is 2.66. The van der Waals surface area contributed by atoms with Gasteiger partial charge in [-0.2, -0.15) is 0 Å². The number of hydrogen-bond acceptors (Lipinski definition) is 5. The Hall–Kier alpha value is -1.36. The average Bonchev–Trinajstić information content (AvgIpc) is 2.32. The second kappa shape index (κ2) is 7.94. The van der Waals surface area contributed by atoms with E-state index < -0.39 is 0 Å². The van der Waals surface area contributed by atoms with E-state index in [9.17, 15) is 0 Å². The molecule has 3 N–H and O–H groups in total. The summed E-state index contributed by atoms with van der Waals surface area (Å²) in [6.45, 7) is 10.7. The van der Waals surface area contributed by atoms with Gasteiger partial charge < -0.3 is 15.8 Å². The number of rotatable bonds is 8. The normalized spacial score (nSPS) is 11.3. The van der Waals surface area contributed by atoms with Crippen LogP contribution < -0.4 is 11.1 Å². The Kier molecular flexibility index (Phi) is 6.56. The lowest BCUT2D eigenvalue weighted by Gasteiger charge is -2.10. The Morgan fingerprint density at radius 1 is 1.21 bits per heavy atom. The van der Waals surface area contributed by atoms with E-state index in [1.165, 1.54) is 0 Å². The van der Waals surface area contributed by atoms with Gasteiger partial charge in [-0.3, -0.25) is 0 Å². The zero-order chi connectivity index (χ0) is 14.3. The quantitative estimate of drug-likeness (QED) is 0.708. The number of aromatic nitrogens is 2. The molecule has 0 atom stereocenters. The summed E-state index contributed by atoms with van der Waals surface area (Å²) in [5.41, 5.74) is 5.76. The number of hydrogen-bond donors (Lipinski definition) is 2. The summed E-state index contributed by atoms with van der Waals surface area (Å²) in [6.07, 6.45) is 1.10. The molecule has 0 fully saturated rings. The van der Waals surface area contributed by atoms with Gasteiger partial charge in [0.25, 0.3) is 0 Å². The molecule has 5 nitrogen and oxygen atoms in total. The maximum Gasteiger partial charge on any atom is 0.135 e. The molecular weight excluding hydrogens is 240 g/mol. The minimum Gasteiger partial charge on any atom is -0.384 e. The van der Waals surface area contributed by atoms with Crippen molar-refractivity contribution in [2.75, 3.05) is 30.8 Å². The number of ether oxygens (including phenoxy) is 1. The molecule has 0 amide bonds. The second-order valence-corrected chi connectivity index (χ2v) is 5.41. The Labute approximate surface area is 116 Å². The van der Waals surface area contributed by atoms with E-state index in [2.05, 4.69) is 29.1 Å². The average molecular weight is 266 g/mol. The van der Waals surface area contributed by atoms with Crippen molar-refractivity contribution in [2.45, 2.75) is 40.0 Å². The van der Waals surface area contributed by atoms with Crippen LogP contribution in [-0.2, 0) is 4.74 Å². The SMILES string of the molecule is CC(C)CCOCCNc1cc(N)nc(C(C)C)n1. The van der Waals surface area contributed by atoms with Gasteiger partial charge in [0.1, 0.15) is 17.5 Å². The van der Waals surface area contributed by atoms with E-state index in [0.29, 0.717) is 18.3 Å². The topological polar surface area (TPSA) is 73.1 Å². The van der Waals surface area contributed by atoms with Crippen LogP contribution in [0.2, 0.25) is 0 Å². The maximum atomic E-state index is 5.76. The molecule has 5 heteroatoms. The highest BCUT2D eigenvalue weighted by molar-refractivity contribution is 5.44. The summed E-state index contributed by atoms with van der Waals surface area (Å²) in [4.78, 5) is 8.63. The van der Waals surface area contributed by atoms with Gasteiger partial charge in [0.05, 0.1) is 6.61 Å². The van der Waals surface area contributed by atoms with Gasteiger partial charge >= 0.3 is 0 Å². The van der Waals surface area contributed by atoms with Crippen molar-refractivity contribution >= 4 is 11.6 Å². The summed E-state index contributed by atoms with van der Waals surface area (Å²) in [6, 6.07) is 1.75. The van der Waals surface area contributed by atoms with Crippen LogP contribution in [0.1, 0.15) is 45.9 Å². The molecule has 0 radical (unpaired) electrons. The molecule has 1 aromatic heterocycles. The molecule has 0 aliphatic rings. The maximum absolute atomic E-state index is 5.76. The lowest BCUT2D eigenvalue weighted by molar-refractivity contribution is 0.132. The van der Waals surface area contributed by atoms with Crippen LogP contribution in [0.15, 0.2) is 6.07 Å². The first-order valence-corrected chi connectivity index (χ1v) is 6.95. The Balaban J connectivity index is 2.33. The van der Waals surface area contributed by atoms with E-state index in [4.69, 9.17) is 10.5 Å². The summed E-state index contributed by atoms with van der Waals surface area (Å²) in [5, 5.41) is 3.21. The fourth-order valence-corrected chi connectivity index (χ4v) is 1.51. The lowest BCUT2D eigenvalue weighted by Crippen LogP contribution is -2.13. The van der Waals surface area contributed by atoms with Crippen molar-refractivity contribution in [3.8, 4) is 0 Å². The number of nitrogens with one attached hydrogen (secondary N) is 1. The van der Waals surface area contributed by atoms with E-state index in [-0.39, 0.29) is 5.92 Å². The van der Waals surface area contributed by atoms with Gasteiger partial charge in [-0.1, -0.05) is 27.7 Å².